The summed E-state index contributed by atoms with van der Waals surface area (Å²) in [6, 6.07) is 16.2. The van der Waals surface area contributed by atoms with Crippen LogP contribution in [0.5, 0.6) is 0 Å². The van der Waals surface area contributed by atoms with Gasteiger partial charge in [-0.25, -0.2) is 0 Å². The molecule has 1 N–H and O–H groups in total. The standard InChI is InChI=1S/C26H34N4O2/c1-3-4-7-20-10-12-22(13-11-20)30-19-21(18-25(30)31)26(32)27-23-8-5-6-9-24(23)29-16-14-28(2)15-17-29/h5-6,8-13,21H,3-4,7,14-19H2,1-2H3,(H,27,32). The maximum atomic E-state index is 13.1. The van der Waals surface area contributed by atoms with Crippen LogP contribution in [0.25, 0.3) is 0 Å². The molecule has 0 aliphatic carbocycles. The Morgan fingerprint density at radius 1 is 1.03 bits per heavy atom. The van der Waals surface area contributed by atoms with Gasteiger partial charge in [0.2, 0.25) is 11.8 Å². The lowest BCUT2D eigenvalue weighted by Gasteiger charge is -2.35. The molecule has 0 spiro atoms. The van der Waals surface area contributed by atoms with Gasteiger partial charge in [-0.15, -0.1) is 0 Å². The summed E-state index contributed by atoms with van der Waals surface area (Å²) in [5.74, 6) is -0.413. The molecule has 2 aromatic carbocycles. The van der Waals surface area contributed by atoms with E-state index in [4.69, 9.17) is 0 Å². The molecule has 2 heterocycles. The van der Waals surface area contributed by atoms with E-state index in [2.05, 4.69) is 47.3 Å². The van der Waals surface area contributed by atoms with Crippen LogP contribution in [0.3, 0.4) is 0 Å². The molecule has 0 radical (unpaired) electrons. The lowest BCUT2D eigenvalue weighted by molar-refractivity contribution is -0.122. The number of aryl methyl sites for hydroxylation is 1. The second-order valence-corrected chi connectivity index (χ2v) is 8.97. The quantitative estimate of drug-likeness (QED) is 0.721. The molecule has 2 saturated heterocycles. The zero-order valence-electron chi connectivity index (χ0n) is 19.2. The van der Waals surface area contributed by atoms with E-state index in [1.165, 1.54) is 18.4 Å². The number of nitrogens with one attached hydrogen (secondary N) is 1. The monoisotopic (exact) mass is 434 g/mol. The van der Waals surface area contributed by atoms with Gasteiger partial charge in [0.1, 0.15) is 0 Å². The third-order valence-electron chi connectivity index (χ3n) is 6.57. The number of piperazine rings is 1. The van der Waals surface area contributed by atoms with E-state index >= 15 is 0 Å². The topological polar surface area (TPSA) is 55.9 Å². The van der Waals surface area contributed by atoms with Crippen molar-refractivity contribution in [1.82, 2.24) is 4.90 Å². The number of hydrogen-bond acceptors (Lipinski definition) is 4. The van der Waals surface area contributed by atoms with E-state index in [0.717, 1.165) is 49.7 Å². The van der Waals surface area contributed by atoms with Gasteiger partial charge in [0.25, 0.3) is 0 Å². The maximum Gasteiger partial charge on any atom is 0.229 e. The highest BCUT2D eigenvalue weighted by Crippen LogP contribution is 2.30. The molecule has 4 rings (SSSR count). The van der Waals surface area contributed by atoms with Crippen molar-refractivity contribution in [3.05, 3.63) is 54.1 Å². The number of nitrogens with zero attached hydrogens (tertiary/aromatic N) is 3. The maximum absolute atomic E-state index is 13.1. The molecule has 0 aromatic heterocycles. The summed E-state index contributed by atoms with van der Waals surface area (Å²) in [5, 5.41) is 3.11. The van der Waals surface area contributed by atoms with E-state index in [1.54, 1.807) is 4.90 Å². The molecular formula is C26H34N4O2. The summed E-state index contributed by atoms with van der Waals surface area (Å²) >= 11 is 0. The largest absolute Gasteiger partial charge is 0.367 e. The zero-order valence-corrected chi connectivity index (χ0v) is 19.2. The van der Waals surface area contributed by atoms with Crippen molar-refractivity contribution in [2.45, 2.75) is 32.6 Å². The molecule has 170 valence electrons. The Kier molecular flexibility index (Phi) is 7.10. The van der Waals surface area contributed by atoms with Crippen LogP contribution in [-0.4, -0.2) is 56.5 Å². The highest BCUT2D eigenvalue weighted by molar-refractivity contribution is 6.04. The first-order valence-electron chi connectivity index (χ1n) is 11.8. The van der Waals surface area contributed by atoms with E-state index in [0.29, 0.717) is 6.54 Å². The van der Waals surface area contributed by atoms with Crippen LogP contribution in [0.15, 0.2) is 48.5 Å². The Labute approximate surface area is 191 Å². The van der Waals surface area contributed by atoms with Gasteiger partial charge in [-0.3, -0.25) is 9.59 Å². The fraction of sp³-hybridized carbons (Fsp3) is 0.462. The number of unbranched alkanes of at least 4 members (excludes halogenated alkanes) is 1. The summed E-state index contributed by atoms with van der Waals surface area (Å²) in [7, 11) is 2.13. The van der Waals surface area contributed by atoms with E-state index in [-0.39, 0.29) is 24.2 Å². The summed E-state index contributed by atoms with van der Waals surface area (Å²) in [6.07, 6.45) is 3.64. The van der Waals surface area contributed by atoms with Gasteiger partial charge in [-0.2, -0.15) is 0 Å². The van der Waals surface area contributed by atoms with Crippen LogP contribution in [0.1, 0.15) is 31.7 Å². The summed E-state index contributed by atoms with van der Waals surface area (Å²) in [6.45, 7) is 6.50. The van der Waals surface area contributed by atoms with Gasteiger partial charge >= 0.3 is 0 Å². The van der Waals surface area contributed by atoms with Crippen molar-refractivity contribution < 1.29 is 9.59 Å². The average Bonchev–Trinajstić information content (AvgIpc) is 3.21. The Bertz CT molecular complexity index is 935. The van der Waals surface area contributed by atoms with Crippen molar-refractivity contribution >= 4 is 28.9 Å². The first-order valence-corrected chi connectivity index (χ1v) is 11.8. The minimum atomic E-state index is -0.345. The molecule has 2 amide bonds. The molecule has 1 unspecified atom stereocenters. The molecule has 6 heteroatoms. The predicted octanol–water partition coefficient (Wildman–Crippen LogP) is 3.77. The molecule has 0 bridgehead atoms. The number of benzene rings is 2. The summed E-state index contributed by atoms with van der Waals surface area (Å²) < 4.78 is 0. The van der Waals surface area contributed by atoms with Gasteiger partial charge in [-0.1, -0.05) is 37.6 Å². The Morgan fingerprint density at radius 3 is 2.47 bits per heavy atom. The smallest absolute Gasteiger partial charge is 0.229 e. The Balaban J connectivity index is 1.40. The highest BCUT2D eigenvalue weighted by Gasteiger charge is 2.35. The second kappa shape index (κ2) is 10.2. The molecule has 0 saturated carbocycles. The Hall–Kier alpha value is -2.86. The fourth-order valence-electron chi connectivity index (χ4n) is 4.49. The highest BCUT2D eigenvalue weighted by atomic mass is 16.2. The average molecular weight is 435 g/mol. The Morgan fingerprint density at radius 2 is 1.75 bits per heavy atom. The van der Waals surface area contributed by atoms with Gasteiger partial charge in [0.15, 0.2) is 0 Å². The van der Waals surface area contributed by atoms with E-state index in [9.17, 15) is 9.59 Å². The van der Waals surface area contributed by atoms with Crippen LogP contribution in [-0.2, 0) is 16.0 Å². The third-order valence-corrected chi connectivity index (χ3v) is 6.57. The van der Waals surface area contributed by atoms with E-state index < -0.39 is 0 Å². The summed E-state index contributed by atoms with van der Waals surface area (Å²) in [5.41, 5.74) is 4.05. The van der Waals surface area contributed by atoms with Crippen molar-refractivity contribution in [2.75, 3.05) is 54.9 Å². The van der Waals surface area contributed by atoms with Crippen LogP contribution >= 0.6 is 0 Å². The number of hydrogen-bond donors (Lipinski definition) is 1. The van der Waals surface area contributed by atoms with Gasteiger partial charge < -0.3 is 20.0 Å². The third kappa shape index (κ3) is 5.13. The van der Waals surface area contributed by atoms with Crippen molar-refractivity contribution in [1.29, 1.82) is 0 Å². The molecule has 2 aliphatic heterocycles. The zero-order chi connectivity index (χ0) is 22.5. The number of amides is 2. The predicted molar refractivity (Wildman–Crippen MR) is 130 cm³/mol. The first kappa shape index (κ1) is 22.3. The number of carbonyl (C=O) groups excluding carboxylic acids is 2. The molecule has 1 atom stereocenters. The van der Waals surface area contributed by atoms with Crippen LogP contribution in [0.4, 0.5) is 17.1 Å². The SMILES string of the molecule is CCCCc1ccc(N2CC(C(=O)Nc3ccccc3N3CCN(C)CC3)CC2=O)cc1. The number of carbonyl (C=O) groups is 2. The molecule has 2 aliphatic rings. The van der Waals surface area contributed by atoms with Crippen LogP contribution in [0, 0.1) is 5.92 Å². The fourth-order valence-corrected chi connectivity index (χ4v) is 4.49. The van der Waals surface area contributed by atoms with Crippen LogP contribution < -0.4 is 15.1 Å². The number of para-hydroxylation sites is 2. The number of rotatable bonds is 7. The number of anilines is 3. The molecular weight excluding hydrogens is 400 g/mol. The lowest BCUT2D eigenvalue weighted by Crippen LogP contribution is -2.44. The normalized spacial score (nSPS) is 19.4. The summed E-state index contributed by atoms with van der Waals surface area (Å²) in [4.78, 5) is 32.1. The molecule has 2 fully saturated rings. The van der Waals surface area contributed by atoms with Crippen molar-refractivity contribution in [2.24, 2.45) is 5.92 Å². The molecule has 2 aromatic rings. The van der Waals surface area contributed by atoms with Gasteiger partial charge in [-0.05, 0) is 49.7 Å². The molecule has 32 heavy (non-hydrogen) atoms. The second-order valence-electron chi connectivity index (χ2n) is 8.97. The minimum absolute atomic E-state index is 0.0128. The van der Waals surface area contributed by atoms with Gasteiger partial charge in [0, 0.05) is 44.8 Å². The van der Waals surface area contributed by atoms with Crippen molar-refractivity contribution in [3.63, 3.8) is 0 Å². The molecule has 6 nitrogen and oxygen atoms in total. The van der Waals surface area contributed by atoms with Gasteiger partial charge in [0.05, 0.1) is 17.3 Å². The lowest BCUT2D eigenvalue weighted by atomic mass is 10.1. The minimum Gasteiger partial charge on any atom is -0.367 e. The first-order chi connectivity index (χ1) is 15.5. The van der Waals surface area contributed by atoms with E-state index in [1.807, 2.05) is 30.3 Å². The van der Waals surface area contributed by atoms with Crippen LogP contribution in [0.2, 0.25) is 0 Å². The number of likely N-dealkylation sites (N-methyl/N-ethyl adjacent to an activating group) is 1. The van der Waals surface area contributed by atoms with Crippen molar-refractivity contribution in [3.8, 4) is 0 Å².